The summed E-state index contributed by atoms with van der Waals surface area (Å²) in [6.45, 7) is 4.27. The van der Waals surface area contributed by atoms with Gasteiger partial charge in [-0.3, -0.25) is 4.79 Å². The second-order valence-electron chi connectivity index (χ2n) is 6.57. The van der Waals surface area contributed by atoms with Crippen LogP contribution in [0.25, 0.3) is 0 Å². The summed E-state index contributed by atoms with van der Waals surface area (Å²) in [5.74, 6) is -0.107. The highest BCUT2D eigenvalue weighted by Gasteiger charge is 2.29. The molecule has 3 rings (SSSR count). The van der Waals surface area contributed by atoms with E-state index in [0.717, 1.165) is 29.7 Å². The number of rotatable bonds is 6. The molecule has 1 N–H and O–H groups in total. The third-order valence-electron chi connectivity index (χ3n) is 4.43. The Bertz CT molecular complexity index is 832. The van der Waals surface area contributed by atoms with Gasteiger partial charge in [-0.25, -0.2) is 9.18 Å². The number of hydrogen-bond donors (Lipinski definition) is 1. The molecule has 1 aromatic heterocycles. The molecule has 4 nitrogen and oxygen atoms in total. The molecule has 2 aromatic rings. The van der Waals surface area contributed by atoms with Gasteiger partial charge in [-0.1, -0.05) is 6.92 Å². The molecule has 0 spiro atoms. The molecule has 7 heteroatoms. The molecule has 144 valence electrons. The predicted octanol–water partition coefficient (Wildman–Crippen LogP) is 4.92. The second-order valence-corrected chi connectivity index (χ2v) is 8.72. The van der Waals surface area contributed by atoms with Crippen LogP contribution < -0.4 is 5.32 Å². The maximum absolute atomic E-state index is 13.0. The van der Waals surface area contributed by atoms with Crippen LogP contribution >= 0.6 is 23.1 Å². The minimum atomic E-state index is -0.369. The smallest absolute Gasteiger partial charge is 0.341 e. The maximum Gasteiger partial charge on any atom is 0.341 e. The number of amides is 1. The fourth-order valence-electron chi connectivity index (χ4n) is 3.10. The Morgan fingerprint density at radius 1 is 1.33 bits per heavy atom. The second kappa shape index (κ2) is 8.89. The predicted molar refractivity (Wildman–Crippen MR) is 107 cm³/mol. The first-order valence-corrected chi connectivity index (χ1v) is 10.8. The molecular weight excluding hydrogens is 385 g/mol. The van der Waals surface area contributed by atoms with Gasteiger partial charge in [0, 0.05) is 9.77 Å². The van der Waals surface area contributed by atoms with Crippen LogP contribution in [0.4, 0.5) is 9.39 Å². The van der Waals surface area contributed by atoms with Crippen molar-refractivity contribution in [2.75, 3.05) is 17.7 Å². The number of hydrogen-bond acceptors (Lipinski definition) is 5. The highest BCUT2D eigenvalue weighted by atomic mass is 32.2. The van der Waals surface area contributed by atoms with Crippen molar-refractivity contribution in [3.8, 4) is 0 Å². The molecule has 0 unspecified atom stereocenters. The van der Waals surface area contributed by atoms with Crippen molar-refractivity contribution >= 4 is 40.0 Å². The molecule has 1 atom stereocenters. The summed E-state index contributed by atoms with van der Waals surface area (Å²) in [5, 5.41) is 3.47. The number of thioether (sulfide) groups is 1. The summed E-state index contributed by atoms with van der Waals surface area (Å²) < 4.78 is 18.2. The number of esters is 1. The molecule has 1 aliphatic rings. The van der Waals surface area contributed by atoms with E-state index >= 15 is 0 Å². The number of carbonyl (C=O) groups excluding carboxylic acids is 2. The number of anilines is 1. The number of ether oxygens (including phenoxy) is 1. The van der Waals surface area contributed by atoms with E-state index in [1.54, 1.807) is 19.1 Å². The molecule has 0 radical (unpaired) electrons. The average molecular weight is 408 g/mol. The summed E-state index contributed by atoms with van der Waals surface area (Å²) in [6.07, 6.45) is 2.79. The first kappa shape index (κ1) is 19.9. The number of carbonyl (C=O) groups is 2. The molecule has 1 aromatic carbocycles. The summed E-state index contributed by atoms with van der Waals surface area (Å²) in [4.78, 5) is 26.9. The number of benzene rings is 1. The number of halogens is 1. The van der Waals surface area contributed by atoms with Crippen LogP contribution in [0.2, 0.25) is 0 Å². The highest BCUT2D eigenvalue weighted by molar-refractivity contribution is 8.00. The molecule has 0 bridgehead atoms. The minimum Gasteiger partial charge on any atom is -0.462 e. The van der Waals surface area contributed by atoms with E-state index < -0.39 is 0 Å². The molecule has 0 fully saturated rings. The molecule has 1 aliphatic carbocycles. The molecule has 0 saturated heterocycles. The Kier molecular flexibility index (Phi) is 6.55. The fourth-order valence-corrected chi connectivity index (χ4v) is 5.21. The number of fused-ring (bicyclic) bond motifs is 1. The van der Waals surface area contributed by atoms with Gasteiger partial charge >= 0.3 is 5.97 Å². The van der Waals surface area contributed by atoms with Crippen molar-refractivity contribution in [3.05, 3.63) is 46.1 Å². The lowest BCUT2D eigenvalue weighted by atomic mass is 9.88. The Labute approximate surface area is 166 Å². The van der Waals surface area contributed by atoms with Crippen LogP contribution in [0, 0.1) is 11.7 Å². The molecule has 1 heterocycles. The highest BCUT2D eigenvalue weighted by Crippen LogP contribution is 2.40. The zero-order valence-corrected chi connectivity index (χ0v) is 17.0. The van der Waals surface area contributed by atoms with E-state index in [1.807, 2.05) is 0 Å². The largest absolute Gasteiger partial charge is 0.462 e. The van der Waals surface area contributed by atoms with Gasteiger partial charge in [0.05, 0.1) is 17.9 Å². The van der Waals surface area contributed by atoms with E-state index in [1.165, 1.54) is 40.1 Å². The van der Waals surface area contributed by atoms with Crippen molar-refractivity contribution in [1.29, 1.82) is 0 Å². The van der Waals surface area contributed by atoms with E-state index in [4.69, 9.17) is 4.74 Å². The Morgan fingerprint density at radius 2 is 2.07 bits per heavy atom. The molecule has 27 heavy (non-hydrogen) atoms. The summed E-state index contributed by atoms with van der Waals surface area (Å²) in [6, 6.07) is 6.02. The lowest BCUT2D eigenvalue weighted by Crippen LogP contribution is -2.17. The van der Waals surface area contributed by atoms with Gasteiger partial charge in [-0.2, -0.15) is 0 Å². The Hall–Kier alpha value is -1.86. The third-order valence-corrected chi connectivity index (χ3v) is 6.61. The normalized spacial score (nSPS) is 15.9. The number of thiophene rings is 1. The summed E-state index contributed by atoms with van der Waals surface area (Å²) in [7, 11) is 0. The van der Waals surface area contributed by atoms with Crippen LogP contribution in [0.15, 0.2) is 29.2 Å². The van der Waals surface area contributed by atoms with E-state index in [0.29, 0.717) is 23.1 Å². The van der Waals surface area contributed by atoms with Gasteiger partial charge in [-0.05, 0) is 61.9 Å². The van der Waals surface area contributed by atoms with Gasteiger partial charge in [0.1, 0.15) is 10.8 Å². The van der Waals surface area contributed by atoms with E-state index in [9.17, 15) is 14.0 Å². The quantitative estimate of drug-likeness (QED) is 0.545. The van der Waals surface area contributed by atoms with Crippen LogP contribution in [-0.4, -0.2) is 24.2 Å². The van der Waals surface area contributed by atoms with Crippen molar-refractivity contribution in [2.24, 2.45) is 5.92 Å². The zero-order chi connectivity index (χ0) is 19.4. The molecule has 1 amide bonds. The van der Waals surface area contributed by atoms with Gasteiger partial charge < -0.3 is 10.1 Å². The van der Waals surface area contributed by atoms with Crippen molar-refractivity contribution in [3.63, 3.8) is 0 Å². The monoisotopic (exact) mass is 407 g/mol. The van der Waals surface area contributed by atoms with E-state index in [-0.39, 0.29) is 23.4 Å². The van der Waals surface area contributed by atoms with Gasteiger partial charge in [0.2, 0.25) is 5.91 Å². The average Bonchev–Trinajstić information content (AvgIpc) is 2.98. The van der Waals surface area contributed by atoms with Crippen LogP contribution in [-0.2, 0) is 22.4 Å². The molecule has 0 saturated carbocycles. The zero-order valence-electron chi connectivity index (χ0n) is 15.3. The lowest BCUT2D eigenvalue weighted by molar-refractivity contribution is -0.113. The minimum absolute atomic E-state index is 0.187. The maximum atomic E-state index is 13.0. The molecule has 0 aliphatic heterocycles. The van der Waals surface area contributed by atoms with Gasteiger partial charge in [0.15, 0.2) is 0 Å². The Morgan fingerprint density at radius 3 is 2.78 bits per heavy atom. The van der Waals surface area contributed by atoms with Crippen LogP contribution in [0.5, 0.6) is 0 Å². The fraction of sp³-hybridized carbons (Fsp3) is 0.400. The first-order chi connectivity index (χ1) is 13.0. The number of nitrogens with one attached hydrogen (secondary N) is 1. The van der Waals surface area contributed by atoms with Crippen LogP contribution in [0.1, 0.15) is 41.1 Å². The van der Waals surface area contributed by atoms with Crippen molar-refractivity contribution < 1.29 is 18.7 Å². The molecular formula is C20H22FNO3S2. The standard InChI is InChI=1S/C20H22FNO3S2/c1-3-25-20(24)18-15-9-4-12(2)10-16(15)27-19(18)22-17(23)11-26-14-7-5-13(21)6-8-14/h5-8,12H,3-4,9-11H2,1-2H3,(H,22,23)/t12-/m1/s1. The topological polar surface area (TPSA) is 55.4 Å². The van der Waals surface area contributed by atoms with Gasteiger partial charge in [0.25, 0.3) is 0 Å². The van der Waals surface area contributed by atoms with Crippen LogP contribution in [0.3, 0.4) is 0 Å². The van der Waals surface area contributed by atoms with E-state index in [2.05, 4.69) is 12.2 Å². The summed E-state index contributed by atoms with van der Waals surface area (Å²) in [5.41, 5.74) is 1.54. The first-order valence-electron chi connectivity index (χ1n) is 8.97. The Balaban J connectivity index is 1.73. The van der Waals surface area contributed by atoms with Gasteiger partial charge in [-0.15, -0.1) is 23.1 Å². The third kappa shape index (κ3) is 4.90. The SMILES string of the molecule is CCOC(=O)c1c(NC(=O)CSc2ccc(F)cc2)sc2c1CC[C@@H](C)C2. The summed E-state index contributed by atoms with van der Waals surface area (Å²) >= 11 is 2.81. The van der Waals surface area contributed by atoms with Crippen molar-refractivity contribution in [2.45, 2.75) is 38.0 Å². The lowest BCUT2D eigenvalue weighted by Gasteiger charge is -2.18. The van der Waals surface area contributed by atoms with Crippen molar-refractivity contribution in [1.82, 2.24) is 0 Å².